The van der Waals surface area contributed by atoms with Crippen LogP contribution in [0.4, 0.5) is 5.69 Å². The van der Waals surface area contributed by atoms with Crippen LogP contribution in [0.2, 0.25) is 0 Å². The highest BCUT2D eigenvalue weighted by Gasteiger charge is 2.03. The van der Waals surface area contributed by atoms with Gasteiger partial charge in [-0.15, -0.1) is 12.4 Å². The number of nitrogens with zero attached hydrogens (tertiary/aromatic N) is 1. The molecule has 118 valence electrons. The van der Waals surface area contributed by atoms with Crippen LogP contribution in [-0.4, -0.2) is 24.5 Å². The van der Waals surface area contributed by atoms with E-state index in [4.69, 9.17) is 4.74 Å². The molecular weight excluding hydrogens is 302 g/mol. The van der Waals surface area contributed by atoms with Gasteiger partial charge in [-0.25, -0.2) is 4.98 Å². The van der Waals surface area contributed by atoms with Crippen LogP contribution in [0.1, 0.15) is 12.5 Å². The van der Waals surface area contributed by atoms with Crippen molar-refractivity contribution in [3.8, 4) is 11.6 Å². The van der Waals surface area contributed by atoms with Crippen LogP contribution in [0.3, 0.4) is 0 Å². The van der Waals surface area contributed by atoms with Crippen molar-refractivity contribution >= 4 is 24.0 Å². The third kappa shape index (κ3) is 5.35. The number of hydrogen-bond acceptors (Lipinski definition) is 4. The second-order valence-corrected chi connectivity index (χ2v) is 4.57. The molecule has 2 aromatic rings. The highest BCUT2D eigenvalue weighted by atomic mass is 35.5. The molecule has 0 spiro atoms. The van der Waals surface area contributed by atoms with Gasteiger partial charge in [0.25, 0.3) is 0 Å². The van der Waals surface area contributed by atoms with E-state index in [2.05, 4.69) is 28.6 Å². The van der Waals surface area contributed by atoms with Crippen molar-refractivity contribution in [3.63, 3.8) is 0 Å². The van der Waals surface area contributed by atoms with Crippen molar-refractivity contribution in [2.45, 2.75) is 13.3 Å². The molecule has 0 saturated carbocycles. The van der Waals surface area contributed by atoms with Crippen LogP contribution in [0.15, 0.2) is 42.6 Å². The summed E-state index contributed by atoms with van der Waals surface area (Å²) in [6.07, 6.45) is 2.54. The third-order valence-electron chi connectivity index (χ3n) is 2.89. The number of aryl methyl sites for hydroxylation is 1. The summed E-state index contributed by atoms with van der Waals surface area (Å²) in [7, 11) is 1.72. The molecule has 0 aliphatic heterocycles. The minimum Gasteiger partial charge on any atom is -0.439 e. The lowest BCUT2D eigenvalue weighted by atomic mass is 10.2. The number of benzene rings is 1. The number of ether oxygens (including phenoxy) is 1. The fraction of sp³-hybridized carbons (Fsp3) is 0.250. The summed E-state index contributed by atoms with van der Waals surface area (Å²) >= 11 is 0. The summed E-state index contributed by atoms with van der Waals surface area (Å²) in [5, 5.41) is 5.52. The van der Waals surface area contributed by atoms with Crippen LogP contribution in [-0.2, 0) is 11.2 Å². The van der Waals surface area contributed by atoms with Crippen LogP contribution in [0.25, 0.3) is 0 Å². The van der Waals surface area contributed by atoms with Gasteiger partial charge in [0.1, 0.15) is 5.75 Å². The number of carbonyl (C=O) groups excluding carboxylic acids is 1. The fourth-order valence-electron chi connectivity index (χ4n) is 1.83. The summed E-state index contributed by atoms with van der Waals surface area (Å²) in [5.41, 5.74) is 1.85. The van der Waals surface area contributed by atoms with Gasteiger partial charge in [-0.3, -0.25) is 4.79 Å². The first-order valence-electron chi connectivity index (χ1n) is 6.88. The lowest BCUT2D eigenvalue weighted by Crippen LogP contribution is -2.25. The standard InChI is InChI=1S/C16H19N3O2.ClH/c1-3-12-5-4-6-14(9-12)21-16-8-7-13(10-18-16)19-15(20)11-17-2;/h4-10,17H,3,11H2,1-2H3,(H,19,20);1H. The number of anilines is 1. The Morgan fingerprint density at radius 3 is 2.73 bits per heavy atom. The van der Waals surface area contributed by atoms with E-state index >= 15 is 0 Å². The number of rotatable bonds is 6. The second-order valence-electron chi connectivity index (χ2n) is 4.57. The zero-order chi connectivity index (χ0) is 15.1. The van der Waals surface area contributed by atoms with Gasteiger partial charge in [0, 0.05) is 6.07 Å². The number of carbonyl (C=O) groups is 1. The minimum absolute atomic E-state index is 0. The van der Waals surface area contributed by atoms with E-state index in [1.165, 1.54) is 5.56 Å². The quantitative estimate of drug-likeness (QED) is 0.858. The molecule has 0 aliphatic carbocycles. The molecule has 2 rings (SSSR count). The number of likely N-dealkylation sites (N-methyl/N-ethyl adjacent to an activating group) is 1. The molecule has 5 nitrogen and oxygen atoms in total. The highest BCUT2D eigenvalue weighted by Crippen LogP contribution is 2.21. The number of aromatic nitrogens is 1. The molecular formula is C16H20ClN3O2. The average molecular weight is 322 g/mol. The Kier molecular flexibility index (Phi) is 7.36. The number of pyridine rings is 1. The molecule has 1 aromatic heterocycles. The van der Waals surface area contributed by atoms with E-state index in [0.717, 1.165) is 12.2 Å². The van der Waals surface area contributed by atoms with Gasteiger partial charge in [-0.2, -0.15) is 0 Å². The Morgan fingerprint density at radius 1 is 1.27 bits per heavy atom. The molecule has 0 radical (unpaired) electrons. The number of halogens is 1. The second kappa shape index (κ2) is 9.02. The van der Waals surface area contributed by atoms with E-state index in [9.17, 15) is 4.79 Å². The Morgan fingerprint density at radius 2 is 2.09 bits per heavy atom. The maximum absolute atomic E-state index is 11.4. The molecule has 0 aliphatic rings. The van der Waals surface area contributed by atoms with Crippen molar-refractivity contribution in [1.82, 2.24) is 10.3 Å². The van der Waals surface area contributed by atoms with Gasteiger partial charge in [0.15, 0.2) is 0 Å². The molecule has 0 saturated heterocycles. The van der Waals surface area contributed by atoms with Crippen LogP contribution >= 0.6 is 12.4 Å². The van der Waals surface area contributed by atoms with Gasteiger partial charge >= 0.3 is 0 Å². The molecule has 1 heterocycles. The largest absolute Gasteiger partial charge is 0.439 e. The van der Waals surface area contributed by atoms with E-state index in [0.29, 0.717) is 11.6 Å². The summed E-state index contributed by atoms with van der Waals surface area (Å²) in [6, 6.07) is 11.4. The SMILES string of the molecule is CCc1cccc(Oc2ccc(NC(=O)CNC)cn2)c1.Cl. The molecule has 0 atom stereocenters. The maximum Gasteiger partial charge on any atom is 0.238 e. The lowest BCUT2D eigenvalue weighted by Gasteiger charge is -2.08. The summed E-state index contributed by atoms with van der Waals surface area (Å²) in [5.74, 6) is 1.15. The monoisotopic (exact) mass is 321 g/mol. The Bertz CT molecular complexity index is 603. The third-order valence-corrected chi connectivity index (χ3v) is 2.89. The predicted molar refractivity (Wildman–Crippen MR) is 89.9 cm³/mol. The van der Waals surface area contributed by atoms with Crippen LogP contribution in [0.5, 0.6) is 11.6 Å². The molecule has 1 aromatic carbocycles. The van der Waals surface area contributed by atoms with Crippen LogP contribution in [0, 0.1) is 0 Å². The maximum atomic E-state index is 11.4. The molecule has 1 amide bonds. The van der Waals surface area contributed by atoms with Gasteiger partial charge in [0.2, 0.25) is 11.8 Å². The Labute approximate surface area is 136 Å². The predicted octanol–water partition coefficient (Wildman–Crippen LogP) is 3.02. The molecule has 6 heteroatoms. The molecule has 0 fully saturated rings. The number of hydrogen-bond donors (Lipinski definition) is 2. The first-order chi connectivity index (χ1) is 10.2. The Balaban J connectivity index is 0.00000242. The summed E-state index contributed by atoms with van der Waals surface area (Å²) in [6.45, 7) is 2.36. The average Bonchev–Trinajstić information content (AvgIpc) is 2.50. The van der Waals surface area contributed by atoms with Gasteiger partial charge in [0.05, 0.1) is 18.4 Å². The Hall–Kier alpha value is -2.11. The molecule has 22 heavy (non-hydrogen) atoms. The molecule has 0 unspecified atom stereocenters. The normalized spacial score (nSPS) is 9.73. The van der Waals surface area contributed by atoms with Gasteiger partial charge < -0.3 is 15.4 Å². The van der Waals surface area contributed by atoms with E-state index in [-0.39, 0.29) is 24.9 Å². The van der Waals surface area contributed by atoms with Crippen molar-refractivity contribution < 1.29 is 9.53 Å². The van der Waals surface area contributed by atoms with Crippen molar-refractivity contribution in [2.75, 3.05) is 18.9 Å². The molecule has 0 bridgehead atoms. The summed E-state index contributed by atoms with van der Waals surface area (Å²) < 4.78 is 5.69. The van der Waals surface area contributed by atoms with Gasteiger partial charge in [-0.05, 0) is 37.2 Å². The van der Waals surface area contributed by atoms with Gasteiger partial charge in [-0.1, -0.05) is 19.1 Å². The number of nitrogens with one attached hydrogen (secondary N) is 2. The highest BCUT2D eigenvalue weighted by molar-refractivity contribution is 5.92. The van der Waals surface area contributed by atoms with Crippen molar-refractivity contribution in [1.29, 1.82) is 0 Å². The van der Waals surface area contributed by atoms with Crippen molar-refractivity contribution in [3.05, 3.63) is 48.2 Å². The fourth-order valence-corrected chi connectivity index (χ4v) is 1.83. The first kappa shape index (κ1) is 17.9. The topological polar surface area (TPSA) is 63.2 Å². The lowest BCUT2D eigenvalue weighted by molar-refractivity contribution is -0.115. The number of amides is 1. The van der Waals surface area contributed by atoms with Crippen molar-refractivity contribution in [2.24, 2.45) is 0 Å². The van der Waals surface area contributed by atoms with E-state index < -0.39 is 0 Å². The first-order valence-corrected chi connectivity index (χ1v) is 6.88. The van der Waals surface area contributed by atoms with E-state index in [1.54, 1.807) is 25.4 Å². The van der Waals surface area contributed by atoms with Crippen LogP contribution < -0.4 is 15.4 Å². The summed E-state index contributed by atoms with van der Waals surface area (Å²) in [4.78, 5) is 15.6. The molecule has 2 N–H and O–H groups in total. The smallest absolute Gasteiger partial charge is 0.238 e. The minimum atomic E-state index is -0.108. The zero-order valence-electron chi connectivity index (χ0n) is 12.6. The zero-order valence-corrected chi connectivity index (χ0v) is 13.4. The van der Waals surface area contributed by atoms with E-state index in [1.807, 2.05) is 18.2 Å².